The van der Waals surface area contributed by atoms with Gasteiger partial charge in [0.2, 0.25) is 0 Å². The van der Waals surface area contributed by atoms with Gasteiger partial charge in [-0.3, -0.25) is 10.2 Å². The van der Waals surface area contributed by atoms with E-state index >= 15 is 0 Å². The molecule has 1 saturated heterocycles. The lowest BCUT2D eigenvalue weighted by Gasteiger charge is -2.39. The number of amides is 1. The molecule has 34 heavy (non-hydrogen) atoms. The summed E-state index contributed by atoms with van der Waals surface area (Å²) in [5, 5.41) is 4.07. The van der Waals surface area contributed by atoms with E-state index in [9.17, 15) is 18.0 Å². The molecule has 2 aromatic rings. The van der Waals surface area contributed by atoms with Gasteiger partial charge in [-0.25, -0.2) is 0 Å². The molecule has 1 aliphatic heterocycles. The lowest BCUT2D eigenvalue weighted by atomic mass is 9.97. The number of piperidine rings is 1. The third-order valence-electron chi connectivity index (χ3n) is 5.71. The van der Waals surface area contributed by atoms with Crippen LogP contribution in [0.3, 0.4) is 0 Å². The molecule has 0 spiro atoms. The minimum atomic E-state index is -4.49. The number of hydrazone groups is 1. The van der Waals surface area contributed by atoms with E-state index in [1.165, 1.54) is 13.3 Å². The van der Waals surface area contributed by atoms with Gasteiger partial charge in [0, 0.05) is 12.1 Å². The topological polar surface area (TPSA) is 63.2 Å². The largest absolute Gasteiger partial charge is 0.493 e. The Morgan fingerprint density at radius 1 is 1.18 bits per heavy atom. The number of carbonyl (C=O) groups excluding carboxylic acids is 1. The molecular formula is C24H27ClF3N3O3. The highest BCUT2D eigenvalue weighted by molar-refractivity contribution is 6.33. The third kappa shape index (κ3) is 6.34. The molecule has 0 aliphatic carbocycles. The lowest BCUT2D eigenvalue weighted by molar-refractivity contribution is -0.139. The van der Waals surface area contributed by atoms with Crippen LogP contribution in [0.2, 0.25) is 5.02 Å². The van der Waals surface area contributed by atoms with Crippen molar-refractivity contribution in [2.24, 2.45) is 5.10 Å². The summed E-state index contributed by atoms with van der Waals surface area (Å²) in [6.45, 7) is 3.99. The van der Waals surface area contributed by atoms with E-state index in [-0.39, 0.29) is 35.3 Å². The molecule has 0 saturated carbocycles. The van der Waals surface area contributed by atoms with Crippen LogP contribution in [0.25, 0.3) is 0 Å². The number of nitrogens with zero attached hydrogens (tertiary/aromatic N) is 2. The molecule has 184 valence electrons. The summed E-state index contributed by atoms with van der Waals surface area (Å²) in [7, 11) is 1.47. The van der Waals surface area contributed by atoms with Crippen LogP contribution in [0.5, 0.6) is 11.5 Å². The number of halogens is 4. The molecule has 0 aromatic heterocycles. The van der Waals surface area contributed by atoms with Crippen molar-refractivity contribution in [3.05, 3.63) is 52.5 Å². The second-order valence-corrected chi connectivity index (χ2v) is 8.60. The highest BCUT2D eigenvalue weighted by Crippen LogP contribution is 2.34. The predicted molar refractivity (Wildman–Crippen MR) is 126 cm³/mol. The van der Waals surface area contributed by atoms with E-state index in [2.05, 4.69) is 10.5 Å². The fraction of sp³-hybridized carbons (Fsp3) is 0.417. The number of alkyl halides is 3. The minimum Gasteiger partial charge on any atom is -0.493 e. The van der Waals surface area contributed by atoms with Gasteiger partial charge in [0.25, 0.3) is 5.91 Å². The van der Waals surface area contributed by atoms with E-state index in [0.29, 0.717) is 17.1 Å². The number of likely N-dealkylation sites (tertiary alicyclic amines) is 1. The molecule has 6 nitrogen and oxygen atoms in total. The van der Waals surface area contributed by atoms with Crippen LogP contribution in [0.1, 0.15) is 44.2 Å². The minimum absolute atomic E-state index is 0.0272. The molecule has 2 unspecified atom stereocenters. The molecule has 1 fully saturated rings. The highest BCUT2D eigenvalue weighted by Gasteiger charge is 2.31. The molecule has 0 radical (unpaired) electrons. The smallest absolute Gasteiger partial charge is 0.416 e. The van der Waals surface area contributed by atoms with Crippen molar-refractivity contribution in [3.63, 3.8) is 0 Å². The number of ether oxygens (including phenoxy) is 2. The van der Waals surface area contributed by atoms with Crippen molar-refractivity contribution >= 4 is 29.4 Å². The first-order valence-corrected chi connectivity index (χ1v) is 11.3. The Labute approximate surface area is 201 Å². The van der Waals surface area contributed by atoms with Gasteiger partial charge in [-0.05, 0) is 75.1 Å². The zero-order chi connectivity index (χ0) is 24.9. The van der Waals surface area contributed by atoms with Gasteiger partial charge < -0.3 is 14.4 Å². The van der Waals surface area contributed by atoms with Crippen LogP contribution in [-0.2, 0) is 11.0 Å². The first-order chi connectivity index (χ1) is 16.1. The second kappa shape index (κ2) is 11.0. The molecule has 10 heteroatoms. The second-order valence-electron chi connectivity index (χ2n) is 8.19. The van der Waals surface area contributed by atoms with E-state index in [1.807, 2.05) is 18.7 Å². The van der Waals surface area contributed by atoms with Crippen molar-refractivity contribution in [1.82, 2.24) is 4.90 Å². The number of hydrogen-bond donors (Lipinski definition) is 1. The fourth-order valence-electron chi connectivity index (χ4n) is 3.97. The zero-order valence-electron chi connectivity index (χ0n) is 19.2. The average molecular weight is 498 g/mol. The van der Waals surface area contributed by atoms with Crippen LogP contribution >= 0.6 is 11.6 Å². The van der Waals surface area contributed by atoms with Crippen LogP contribution in [-0.4, -0.2) is 42.8 Å². The zero-order valence-corrected chi connectivity index (χ0v) is 19.9. The molecule has 1 heterocycles. The van der Waals surface area contributed by atoms with Gasteiger partial charge in [-0.15, -0.1) is 0 Å². The maximum atomic E-state index is 12.9. The summed E-state index contributed by atoms with van der Waals surface area (Å²) in [6, 6.07) is 8.28. The highest BCUT2D eigenvalue weighted by atomic mass is 35.5. The Morgan fingerprint density at radius 3 is 2.53 bits per heavy atom. The first kappa shape index (κ1) is 25.7. The summed E-state index contributed by atoms with van der Waals surface area (Å²) in [6.07, 6.45) is -0.0104. The average Bonchev–Trinajstić information content (AvgIpc) is 2.78. The van der Waals surface area contributed by atoms with Gasteiger partial charge in [0.15, 0.2) is 18.1 Å². The van der Waals surface area contributed by atoms with Gasteiger partial charge in [0.1, 0.15) is 0 Å². The number of anilines is 1. The molecule has 1 N–H and O–H groups in total. The summed E-state index contributed by atoms with van der Waals surface area (Å²) in [4.78, 5) is 14.6. The molecule has 1 amide bonds. The van der Waals surface area contributed by atoms with E-state index in [4.69, 9.17) is 21.1 Å². The van der Waals surface area contributed by atoms with E-state index in [0.717, 1.165) is 37.5 Å². The van der Waals surface area contributed by atoms with Crippen molar-refractivity contribution < 1.29 is 27.4 Å². The van der Waals surface area contributed by atoms with Crippen LogP contribution in [0.15, 0.2) is 41.5 Å². The maximum Gasteiger partial charge on any atom is 0.416 e. The molecular weight excluding hydrogens is 471 g/mol. The van der Waals surface area contributed by atoms with Gasteiger partial charge >= 0.3 is 6.18 Å². The quantitative estimate of drug-likeness (QED) is 0.377. The Bertz CT molecular complexity index is 1040. The van der Waals surface area contributed by atoms with Crippen molar-refractivity contribution in [2.45, 2.75) is 51.4 Å². The molecule has 2 aromatic carbocycles. The van der Waals surface area contributed by atoms with Crippen molar-refractivity contribution in [2.75, 3.05) is 19.1 Å². The predicted octanol–water partition coefficient (Wildman–Crippen LogP) is 5.98. The van der Waals surface area contributed by atoms with Gasteiger partial charge in [0.05, 0.1) is 29.6 Å². The summed E-state index contributed by atoms with van der Waals surface area (Å²) in [5.41, 5.74) is 2.32. The Hall–Kier alpha value is -2.94. The molecule has 3 rings (SSSR count). The van der Waals surface area contributed by atoms with Crippen molar-refractivity contribution in [3.8, 4) is 11.5 Å². The molecule has 2 atom stereocenters. The fourth-order valence-corrected chi connectivity index (χ4v) is 4.13. The van der Waals surface area contributed by atoms with Crippen LogP contribution in [0.4, 0.5) is 18.9 Å². The number of nitrogens with one attached hydrogen (secondary N) is 1. The van der Waals surface area contributed by atoms with Gasteiger partial charge in [-0.2, -0.15) is 18.3 Å². The molecule has 1 aliphatic rings. The molecule has 0 bridgehead atoms. The monoisotopic (exact) mass is 497 g/mol. The lowest BCUT2D eigenvalue weighted by Crippen LogP contribution is -2.49. The Kier molecular flexibility index (Phi) is 8.30. The summed E-state index contributed by atoms with van der Waals surface area (Å²) in [5.74, 6) is 0.724. The Balaban J connectivity index is 1.65. The third-order valence-corrected chi connectivity index (χ3v) is 6.04. The summed E-state index contributed by atoms with van der Waals surface area (Å²) >= 11 is 5.96. The van der Waals surface area contributed by atoms with Crippen molar-refractivity contribution in [1.29, 1.82) is 0 Å². The number of rotatable bonds is 7. The van der Waals surface area contributed by atoms with E-state index < -0.39 is 11.7 Å². The number of methoxy groups -OCH3 is 1. The van der Waals surface area contributed by atoms with Gasteiger partial charge in [-0.1, -0.05) is 11.6 Å². The maximum absolute atomic E-state index is 12.9. The summed E-state index contributed by atoms with van der Waals surface area (Å²) < 4.78 is 49.8. The van der Waals surface area contributed by atoms with Crippen LogP contribution in [0, 0.1) is 0 Å². The number of hydrogen-bond acceptors (Lipinski definition) is 5. The normalized spacial score (nSPS) is 18.7. The standard InChI is InChI=1S/C24H27ClF3N3O3/c1-15-5-4-6-16(2)31(15)23(32)14-34-21-10-7-17(11-22(21)33-3)13-29-30-20-12-18(24(26,27)28)8-9-19(20)25/h7-13,15-16,30H,4-6,14H2,1-3H3/b29-13+. The van der Waals surface area contributed by atoms with Crippen LogP contribution < -0.4 is 14.9 Å². The number of carbonyl (C=O) groups is 1. The SMILES string of the molecule is COc1cc(/C=N/Nc2cc(C(F)(F)F)ccc2Cl)ccc1OCC(=O)N1C(C)CCCC1C. The van der Waals surface area contributed by atoms with E-state index in [1.54, 1.807) is 18.2 Å². The number of benzene rings is 2. The first-order valence-electron chi connectivity index (χ1n) is 10.9. The Morgan fingerprint density at radius 2 is 1.88 bits per heavy atom.